The highest BCUT2D eigenvalue weighted by molar-refractivity contribution is 8.77. The second kappa shape index (κ2) is 7.42. The van der Waals surface area contributed by atoms with E-state index in [1.54, 1.807) is 6.33 Å². The van der Waals surface area contributed by atoms with Crippen molar-refractivity contribution in [2.24, 2.45) is 7.05 Å². The second-order valence-corrected chi connectivity index (χ2v) is 8.47. The standard InChI is InChI=1S/C16H21N3OS2/c1-19-11-17-14-10-12(6-7-15(14)19)18-16(20)5-3-2-4-13-8-9-21-22-13/h6-7,10-11,13H,2-5,8-9H2,1H3,(H,18,20)/t13-/m1/s1. The van der Waals surface area contributed by atoms with Crippen LogP contribution in [0.25, 0.3) is 11.0 Å². The predicted octanol–water partition coefficient (Wildman–Crippen LogP) is 4.23. The van der Waals surface area contributed by atoms with Gasteiger partial charge in [-0.15, -0.1) is 0 Å². The number of unbranched alkanes of at least 4 members (excludes halogenated alkanes) is 1. The lowest BCUT2D eigenvalue weighted by Gasteiger charge is -2.08. The number of rotatable bonds is 6. The molecule has 0 aliphatic carbocycles. The molecule has 22 heavy (non-hydrogen) atoms. The van der Waals surface area contributed by atoms with E-state index in [1.165, 1.54) is 18.6 Å². The van der Waals surface area contributed by atoms with Crippen LogP contribution in [0.3, 0.4) is 0 Å². The summed E-state index contributed by atoms with van der Waals surface area (Å²) >= 11 is 0. The van der Waals surface area contributed by atoms with Crippen LogP contribution >= 0.6 is 21.6 Å². The lowest BCUT2D eigenvalue weighted by Crippen LogP contribution is -2.11. The minimum absolute atomic E-state index is 0.101. The van der Waals surface area contributed by atoms with Gasteiger partial charge in [0.05, 0.1) is 17.4 Å². The predicted molar refractivity (Wildman–Crippen MR) is 96.3 cm³/mol. The summed E-state index contributed by atoms with van der Waals surface area (Å²) in [6.07, 6.45) is 7.07. The number of amides is 1. The Morgan fingerprint density at radius 2 is 2.36 bits per heavy atom. The van der Waals surface area contributed by atoms with E-state index in [2.05, 4.69) is 10.3 Å². The average Bonchev–Trinajstić information content (AvgIpc) is 3.14. The van der Waals surface area contributed by atoms with E-state index in [4.69, 9.17) is 0 Å². The maximum absolute atomic E-state index is 12.0. The van der Waals surface area contributed by atoms with Crippen molar-refractivity contribution in [2.75, 3.05) is 11.1 Å². The van der Waals surface area contributed by atoms with E-state index >= 15 is 0 Å². The summed E-state index contributed by atoms with van der Waals surface area (Å²) in [6, 6.07) is 5.86. The summed E-state index contributed by atoms with van der Waals surface area (Å²) < 4.78 is 1.97. The van der Waals surface area contributed by atoms with E-state index < -0.39 is 0 Å². The van der Waals surface area contributed by atoms with Crippen LogP contribution in [0.1, 0.15) is 32.1 Å². The van der Waals surface area contributed by atoms with E-state index in [-0.39, 0.29) is 5.91 Å². The van der Waals surface area contributed by atoms with Gasteiger partial charge in [-0.3, -0.25) is 4.79 Å². The van der Waals surface area contributed by atoms with E-state index in [0.29, 0.717) is 6.42 Å². The molecule has 1 amide bonds. The van der Waals surface area contributed by atoms with Crippen molar-refractivity contribution in [3.05, 3.63) is 24.5 Å². The molecule has 1 saturated heterocycles. The van der Waals surface area contributed by atoms with E-state index in [0.717, 1.165) is 34.8 Å². The first-order chi connectivity index (χ1) is 10.7. The van der Waals surface area contributed by atoms with Crippen molar-refractivity contribution < 1.29 is 4.79 Å². The summed E-state index contributed by atoms with van der Waals surface area (Å²) in [4.78, 5) is 16.3. The number of anilines is 1. The Kier molecular flexibility index (Phi) is 5.31. The average molecular weight is 335 g/mol. The Labute approximate surface area is 138 Å². The van der Waals surface area contributed by atoms with Gasteiger partial charge in [-0.05, 0) is 37.5 Å². The number of aromatic nitrogens is 2. The van der Waals surface area contributed by atoms with Crippen molar-refractivity contribution in [2.45, 2.75) is 37.4 Å². The highest BCUT2D eigenvalue weighted by atomic mass is 33.1. The SMILES string of the molecule is Cn1cnc2cc(NC(=O)CCCC[C@@H]3CCSS3)ccc21. The molecular weight excluding hydrogens is 314 g/mol. The highest BCUT2D eigenvalue weighted by Gasteiger charge is 2.15. The molecule has 0 bridgehead atoms. The summed E-state index contributed by atoms with van der Waals surface area (Å²) in [5.41, 5.74) is 2.82. The van der Waals surface area contributed by atoms with Gasteiger partial charge in [0.15, 0.2) is 0 Å². The Balaban J connectivity index is 1.43. The Morgan fingerprint density at radius 1 is 1.45 bits per heavy atom. The molecule has 2 aromatic rings. The molecule has 3 rings (SSSR count). The molecule has 1 aliphatic rings. The van der Waals surface area contributed by atoms with Crippen LogP contribution in [0.5, 0.6) is 0 Å². The Bertz CT molecular complexity index is 650. The minimum Gasteiger partial charge on any atom is -0.334 e. The van der Waals surface area contributed by atoms with Gasteiger partial charge < -0.3 is 9.88 Å². The van der Waals surface area contributed by atoms with Crippen LogP contribution in [-0.2, 0) is 11.8 Å². The Morgan fingerprint density at radius 3 is 3.18 bits per heavy atom. The van der Waals surface area contributed by atoms with E-state index in [1.807, 2.05) is 51.4 Å². The largest absolute Gasteiger partial charge is 0.334 e. The van der Waals surface area contributed by atoms with Crippen LogP contribution in [0.4, 0.5) is 5.69 Å². The number of hydrogen-bond acceptors (Lipinski definition) is 4. The highest BCUT2D eigenvalue weighted by Crippen LogP contribution is 2.39. The normalized spacial score (nSPS) is 18.0. The number of imidazole rings is 1. The molecule has 6 heteroatoms. The number of hydrogen-bond donors (Lipinski definition) is 1. The molecule has 1 aromatic carbocycles. The summed E-state index contributed by atoms with van der Waals surface area (Å²) in [5, 5.41) is 3.78. The van der Waals surface area contributed by atoms with Gasteiger partial charge in [0.2, 0.25) is 5.91 Å². The molecule has 118 valence electrons. The van der Waals surface area contributed by atoms with Crippen LogP contribution in [-0.4, -0.2) is 26.5 Å². The fourth-order valence-electron chi connectivity index (χ4n) is 2.66. The number of nitrogens with zero attached hydrogens (tertiary/aromatic N) is 2. The minimum atomic E-state index is 0.101. The lowest BCUT2D eigenvalue weighted by atomic mass is 10.1. The number of carbonyl (C=O) groups is 1. The van der Waals surface area contributed by atoms with Crippen molar-refractivity contribution in [3.8, 4) is 0 Å². The number of benzene rings is 1. The number of carbonyl (C=O) groups excluding carboxylic acids is 1. The maximum atomic E-state index is 12.0. The van der Waals surface area contributed by atoms with Gasteiger partial charge in [-0.25, -0.2) is 4.98 Å². The molecule has 1 aromatic heterocycles. The maximum Gasteiger partial charge on any atom is 0.224 e. The molecule has 1 fully saturated rings. The second-order valence-electron chi connectivity index (χ2n) is 5.68. The summed E-state index contributed by atoms with van der Waals surface area (Å²) in [6.45, 7) is 0. The third kappa shape index (κ3) is 3.98. The van der Waals surface area contributed by atoms with Crippen molar-refractivity contribution in [1.82, 2.24) is 9.55 Å². The fourth-order valence-corrected chi connectivity index (χ4v) is 5.69. The van der Waals surface area contributed by atoms with Gasteiger partial charge in [0, 0.05) is 30.2 Å². The summed E-state index contributed by atoms with van der Waals surface area (Å²) in [7, 11) is 5.96. The first kappa shape index (κ1) is 15.7. The third-order valence-corrected chi connectivity index (χ3v) is 6.92. The first-order valence-electron chi connectivity index (χ1n) is 7.71. The van der Waals surface area contributed by atoms with E-state index in [9.17, 15) is 4.79 Å². The van der Waals surface area contributed by atoms with Gasteiger partial charge in [0.1, 0.15) is 0 Å². The van der Waals surface area contributed by atoms with Gasteiger partial charge in [0.25, 0.3) is 0 Å². The molecule has 0 spiro atoms. The van der Waals surface area contributed by atoms with Gasteiger partial charge in [-0.2, -0.15) is 0 Å². The van der Waals surface area contributed by atoms with Crippen LogP contribution in [0, 0.1) is 0 Å². The molecule has 1 aliphatic heterocycles. The smallest absolute Gasteiger partial charge is 0.224 e. The molecule has 4 nitrogen and oxygen atoms in total. The topological polar surface area (TPSA) is 46.9 Å². The van der Waals surface area contributed by atoms with Crippen LogP contribution < -0.4 is 5.32 Å². The molecule has 0 saturated carbocycles. The molecule has 1 N–H and O–H groups in total. The number of nitrogens with one attached hydrogen (secondary N) is 1. The molecule has 2 heterocycles. The fraction of sp³-hybridized carbons (Fsp3) is 0.500. The van der Waals surface area contributed by atoms with Gasteiger partial charge in [-0.1, -0.05) is 28.0 Å². The van der Waals surface area contributed by atoms with Crippen molar-refractivity contribution in [3.63, 3.8) is 0 Å². The molecule has 1 atom stereocenters. The zero-order chi connectivity index (χ0) is 15.4. The molecule has 0 unspecified atom stereocenters. The number of fused-ring (bicyclic) bond motifs is 1. The zero-order valence-electron chi connectivity index (χ0n) is 12.7. The van der Waals surface area contributed by atoms with Crippen LogP contribution in [0.2, 0.25) is 0 Å². The third-order valence-electron chi connectivity index (χ3n) is 3.92. The van der Waals surface area contributed by atoms with Gasteiger partial charge >= 0.3 is 0 Å². The zero-order valence-corrected chi connectivity index (χ0v) is 14.4. The summed E-state index contributed by atoms with van der Waals surface area (Å²) in [5.74, 6) is 1.38. The van der Waals surface area contributed by atoms with Crippen molar-refractivity contribution in [1.29, 1.82) is 0 Å². The molecule has 0 radical (unpaired) electrons. The van der Waals surface area contributed by atoms with Crippen molar-refractivity contribution >= 4 is 44.2 Å². The lowest BCUT2D eigenvalue weighted by molar-refractivity contribution is -0.116. The van der Waals surface area contributed by atoms with Crippen LogP contribution in [0.15, 0.2) is 24.5 Å². The molecular formula is C16H21N3OS2. The first-order valence-corrected chi connectivity index (χ1v) is 10.1. The quantitative estimate of drug-likeness (QED) is 0.634. The Hall–Kier alpha value is -1.14. The number of aryl methyl sites for hydroxylation is 1. The monoisotopic (exact) mass is 335 g/mol.